The van der Waals surface area contributed by atoms with Gasteiger partial charge in [0.15, 0.2) is 0 Å². The first-order valence-corrected chi connectivity index (χ1v) is 13.2. The van der Waals surface area contributed by atoms with Crippen LogP contribution in [0, 0.1) is 6.92 Å². The van der Waals surface area contributed by atoms with Gasteiger partial charge >= 0.3 is 6.18 Å². The van der Waals surface area contributed by atoms with Crippen molar-refractivity contribution in [2.75, 3.05) is 25.0 Å². The minimum atomic E-state index is -4.26. The van der Waals surface area contributed by atoms with Crippen molar-refractivity contribution >= 4 is 11.4 Å². The monoisotopic (exact) mass is 535 g/mol. The van der Waals surface area contributed by atoms with Gasteiger partial charge in [0, 0.05) is 62.4 Å². The first-order valence-electron chi connectivity index (χ1n) is 13.2. The summed E-state index contributed by atoms with van der Waals surface area (Å²) in [7, 11) is 2.20. The fourth-order valence-corrected chi connectivity index (χ4v) is 5.38. The molecule has 1 aliphatic carbocycles. The Morgan fingerprint density at radius 2 is 1.74 bits per heavy atom. The Bertz CT molecular complexity index is 1270. The Balaban J connectivity index is 0.000000270. The Morgan fingerprint density at radius 1 is 1.05 bits per heavy atom. The zero-order valence-corrected chi connectivity index (χ0v) is 22.6. The molecular weight excluding hydrogens is 499 g/mol. The number of hydrogen-bond acceptors (Lipinski definition) is 5. The number of fused-ring (bicyclic) bond motifs is 1. The second-order valence-electron chi connectivity index (χ2n) is 10.0. The van der Waals surface area contributed by atoms with Crippen LogP contribution >= 0.6 is 0 Å². The van der Waals surface area contributed by atoms with Crippen LogP contribution < -0.4 is 10.2 Å². The summed E-state index contributed by atoms with van der Waals surface area (Å²) in [5, 5.41) is 3.39. The van der Waals surface area contributed by atoms with Crippen LogP contribution in [0.4, 0.5) is 18.9 Å². The predicted octanol–water partition coefficient (Wildman–Crippen LogP) is 6.78. The van der Waals surface area contributed by atoms with E-state index in [2.05, 4.69) is 75.6 Å². The van der Waals surface area contributed by atoms with E-state index < -0.39 is 11.7 Å². The molecule has 0 saturated carbocycles. The molecule has 1 aliphatic heterocycles. The maximum Gasteiger partial charge on any atom is 0.416 e. The Labute approximate surface area is 229 Å². The van der Waals surface area contributed by atoms with Gasteiger partial charge in [0.25, 0.3) is 0 Å². The number of halogens is 3. The number of nitrogens with one attached hydrogen (secondary N) is 1. The van der Waals surface area contributed by atoms with Crippen molar-refractivity contribution < 1.29 is 13.2 Å². The number of alkyl halides is 3. The topological polar surface area (TPSA) is 44.3 Å². The molecule has 206 valence electrons. The van der Waals surface area contributed by atoms with Crippen LogP contribution in [0.5, 0.6) is 0 Å². The van der Waals surface area contributed by atoms with Gasteiger partial charge in [0.1, 0.15) is 0 Å². The summed E-state index contributed by atoms with van der Waals surface area (Å²) >= 11 is 0. The van der Waals surface area contributed by atoms with Crippen molar-refractivity contribution in [1.82, 2.24) is 20.2 Å². The Kier molecular flexibility index (Phi) is 8.94. The lowest BCUT2D eigenvalue weighted by atomic mass is 9.99. The van der Waals surface area contributed by atoms with E-state index in [9.17, 15) is 13.2 Å². The molecule has 0 radical (unpaired) electrons. The van der Waals surface area contributed by atoms with Gasteiger partial charge in [-0.05, 0) is 85.3 Å². The summed E-state index contributed by atoms with van der Waals surface area (Å²) in [6.07, 6.45) is 8.19. The highest BCUT2D eigenvalue weighted by Crippen LogP contribution is 2.34. The summed E-state index contributed by atoms with van der Waals surface area (Å²) in [5.41, 5.74) is 6.01. The molecule has 3 heterocycles. The molecule has 1 atom stereocenters. The minimum absolute atomic E-state index is 0.153. The van der Waals surface area contributed by atoms with Crippen molar-refractivity contribution in [2.45, 2.75) is 50.9 Å². The number of pyridine rings is 2. The Morgan fingerprint density at radius 3 is 2.36 bits per heavy atom. The van der Waals surface area contributed by atoms with Crippen molar-refractivity contribution in [3.63, 3.8) is 0 Å². The molecule has 1 N–H and O–H groups in total. The molecule has 3 aromatic rings. The van der Waals surface area contributed by atoms with Crippen LogP contribution in [-0.2, 0) is 12.6 Å². The van der Waals surface area contributed by atoms with E-state index in [0.717, 1.165) is 56.7 Å². The van der Waals surface area contributed by atoms with Gasteiger partial charge in [-0.2, -0.15) is 13.2 Å². The molecule has 2 aliphatic rings. The summed E-state index contributed by atoms with van der Waals surface area (Å²) < 4.78 is 36.1. The average Bonchev–Trinajstić information content (AvgIpc) is 3.35. The van der Waals surface area contributed by atoms with Gasteiger partial charge in [-0.3, -0.25) is 9.97 Å². The zero-order valence-electron chi connectivity index (χ0n) is 22.6. The van der Waals surface area contributed by atoms with Gasteiger partial charge in [-0.15, -0.1) is 0 Å². The lowest BCUT2D eigenvalue weighted by Gasteiger charge is -2.39. The second-order valence-corrected chi connectivity index (χ2v) is 10.0. The fourth-order valence-electron chi connectivity index (χ4n) is 5.38. The van der Waals surface area contributed by atoms with Gasteiger partial charge in [0.2, 0.25) is 0 Å². The largest absolute Gasteiger partial charge is 0.416 e. The lowest BCUT2D eigenvalue weighted by molar-refractivity contribution is -0.138. The maximum absolute atomic E-state index is 12.0. The number of hydrogen-bond donors (Lipinski definition) is 1. The average molecular weight is 536 g/mol. The predicted molar refractivity (Wildman–Crippen MR) is 151 cm³/mol. The molecule has 39 heavy (non-hydrogen) atoms. The molecule has 0 spiro atoms. The molecule has 8 heteroatoms. The number of aromatic nitrogens is 2. The van der Waals surface area contributed by atoms with E-state index in [4.69, 9.17) is 0 Å². The number of nitrogens with zero attached hydrogens (tertiary/aromatic N) is 4. The van der Waals surface area contributed by atoms with Crippen LogP contribution in [0.1, 0.15) is 53.1 Å². The van der Waals surface area contributed by atoms with E-state index >= 15 is 0 Å². The van der Waals surface area contributed by atoms with Crippen molar-refractivity contribution in [2.24, 2.45) is 0 Å². The summed E-state index contributed by atoms with van der Waals surface area (Å²) in [6, 6.07) is 12.9. The fraction of sp³-hybridized carbons (Fsp3) is 0.355. The van der Waals surface area contributed by atoms with Crippen molar-refractivity contribution in [1.29, 1.82) is 0 Å². The minimum Gasteiger partial charge on any atom is -0.385 e. The molecular formula is C31H36F3N5. The second kappa shape index (κ2) is 12.4. The highest BCUT2D eigenvalue weighted by Gasteiger charge is 2.32. The van der Waals surface area contributed by atoms with Gasteiger partial charge < -0.3 is 15.1 Å². The molecule has 1 unspecified atom stereocenters. The third-order valence-electron chi connectivity index (χ3n) is 7.67. The molecule has 0 amide bonds. The Hall–Kier alpha value is -3.81. The quantitative estimate of drug-likeness (QED) is 0.377. The van der Waals surface area contributed by atoms with E-state index in [1.807, 2.05) is 18.6 Å². The molecule has 1 saturated heterocycles. The van der Waals surface area contributed by atoms with Crippen molar-refractivity contribution in [3.05, 3.63) is 108 Å². The molecule has 0 bridgehead atoms. The number of benzene rings is 1. The van der Waals surface area contributed by atoms with Crippen LogP contribution in [0.3, 0.4) is 0 Å². The SMILES string of the molecule is C=CNC1CCc2ccc(C(=C)N(C)C3CCN(c4ccncc4)CC3)cc21.Cc1cnccc1C(F)(F)F. The van der Waals surface area contributed by atoms with E-state index in [1.54, 1.807) is 0 Å². The number of anilines is 1. The first-order chi connectivity index (χ1) is 18.7. The smallest absolute Gasteiger partial charge is 0.385 e. The van der Waals surface area contributed by atoms with Crippen LogP contribution in [0.25, 0.3) is 5.70 Å². The number of rotatable bonds is 6. The number of aryl methyl sites for hydroxylation is 2. The van der Waals surface area contributed by atoms with E-state index in [0.29, 0.717) is 12.1 Å². The van der Waals surface area contributed by atoms with Gasteiger partial charge in [-0.1, -0.05) is 25.3 Å². The normalized spacial score (nSPS) is 17.1. The summed E-state index contributed by atoms with van der Waals surface area (Å²) in [5.74, 6) is 0. The molecule has 5 rings (SSSR count). The maximum atomic E-state index is 12.0. The first kappa shape index (κ1) is 28.2. The van der Waals surface area contributed by atoms with Gasteiger partial charge in [0.05, 0.1) is 11.6 Å². The molecule has 5 nitrogen and oxygen atoms in total. The zero-order chi connectivity index (χ0) is 28.0. The summed E-state index contributed by atoms with van der Waals surface area (Å²) in [6.45, 7) is 11.8. The third kappa shape index (κ3) is 6.80. The lowest BCUT2D eigenvalue weighted by Crippen LogP contribution is -2.42. The third-order valence-corrected chi connectivity index (χ3v) is 7.67. The standard InChI is InChI=1S/C24H30N4.C7H6F3N/c1-4-26-24-8-7-19-5-6-20(17-23(19)24)18(2)27(3)21-11-15-28(16-12-21)22-9-13-25-14-10-22;1-5-4-11-3-2-6(5)7(8,9)10/h4-6,9-10,13-14,17,21,24,26H,1-2,7-8,11-12,15-16H2,3H3;2-4H,1H3. The number of piperidine rings is 1. The highest BCUT2D eigenvalue weighted by atomic mass is 19.4. The van der Waals surface area contributed by atoms with E-state index in [-0.39, 0.29) is 5.56 Å². The van der Waals surface area contributed by atoms with Crippen LogP contribution in [0.15, 0.2) is 80.5 Å². The molecule has 1 fully saturated rings. The molecule has 2 aromatic heterocycles. The summed E-state index contributed by atoms with van der Waals surface area (Å²) in [4.78, 5) is 12.5. The van der Waals surface area contributed by atoms with E-state index in [1.165, 1.54) is 35.5 Å². The van der Waals surface area contributed by atoms with Gasteiger partial charge in [-0.25, -0.2) is 0 Å². The van der Waals surface area contributed by atoms with Crippen LogP contribution in [0.2, 0.25) is 0 Å². The highest BCUT2D eigenvalue weighted by molar-refractivity contribution is 5.64. The molecule has 1 aromatic carbocycles. The van der Waals surface area contributed by atoms with Crippen LogP contribution in [-0.4, -0.2) is 41.0 Å². The van der Waals surface area contributed by atoms with Crippen molar-refractivity contribution in [3.8, 4) is 0 Å².